The van der Waals surface area contributed by atoms with Crippen molar-refractivity contribution >= 4 is 5.97 Å². The van der Waals surface area contributed by atoms with Crippen LogP contribution in [0, 0.1) is 17.8 Å². The summed E-state index contributed by atoms with van der Waals surface area (Å²) in [5, 5.41) is 27.2. The van der Waals surface area contributed by atoms with Gasteiger partial charge in [-0.15, -0.1) is 0 Å². The van der Waals surface area contributed by atoms with Crippen LogP contribution in [0.2, 0.25) is 0 Å². The Morgan fingerprint density at radius 1 is 0.783 bits per heavy atom. The molecule has 0 radical (unpaired) electrons. The summed E-state index contributed by atoms with van der Waals surface area (Å²) in [7, 11) is 0. The predicted molar refractivity (Wildman–Crippen MR) is 80.3 cm³/mol. The molecule has 0 bridgehead atoms. The highest BCUT2D eigenvalue weighted by Crippen LogP contribution is 2.34. The first-order chi connectivity index (χ1) is 10.6. The van der Waals surface area contributed by atoms with Crippen LogP contribution >= 0.6 is 0 Å². The van der Waals surface area contributed by atoms with Gasteiger partial charge in [-0.05, 0) is 31.6 Å². The highest BCUT2D eigenvalue weighted by Gasteiger charge is 2.56. The van der Waals surface area contributed by atoms with E-state index in [2.05, 4.69) is 44.1 Å². The molecule has 0 saturated carbocycles. The van der Waals surface area contributed by atoms with E-state index in [0.717, 1.165) is 5.92 Å². The maximum Gasteiger partial charge on any atom is 0.338 e. The molecule has 7 unspecified atom stereocenters. The van der Waals surface area contributed by atoms with Crippen LogP contribution in [0.3, 0.4) is 0 Å². The predicted octanol–water partition coefficient (Wildman–Crippen LogP) is 0.0527. The fourth-order valence-electron chi connectivity index (χ4n) is 3.32. The van der Waals surface area contributed by atoms with Crippen LogP contribution in [0.4, 0.5) is 0 Å². The minimum atomic E-state index is -1.40. The number of hydrogen-bond acceptors (Lipinski definition) is 7. The molecule has 0 aliphatic carbocycles. The van der Waals surface area contributed by atoms with Crippen molar-refractivity contribution in [1.29, 1.82) is 0 Å². The molecule has 0 amide bonds. The molecular weight excluding hydrogens is 304 g/mol. The maximum absolute atomic E-state index is 10.7. The van der Waals surface area contributed by atoms with Crippen molar-refractivity contribution in [1.82, 2.24) is 0 Å². The Morgan fingerprint density at radius 3 is 1.78 bits per heavy atom. The van der Waals surface area contributed by atoms with Crippen LogP contribution in [0.5, 0.6) is 0 Å². The van der Waals surface area contributed by atoms with E-state index in [4.69, 9.17) is 20.1 Å². The van der Waals surface area contributed by atoms with Gasteiger partial charge in [-0.1, -0.05) is 20.8 Å². The van der Waals surface area contributed by atoms with E-state index in [1.807, 2.05) is 0 Å². The molecule has 0 spiro atoms. The highest BCUT2D eigenvalue weighted by molar-refractivity contribution is 5.78. The first-order valence-corrected chi connectivity index (χ1v) is 8.20. The summed E-state index contributed by atoms with van der Waals surface area (Å²) in [5.41, 5.74) is 0. The summed E-state index contributed by atoms with van der Waals surface area (Å²) in [5.74, 6) is 1.40. The van der Waals surface area contributed by atoms with E-state index in [1.54, 1.807) is 0 Å². The van der Waals surface area contributed by atoms with Crippen LogP contribution < -0.4 is 0 Å². The van der Waals surface area contributed by atoms with Gasteiger partial charge in [0.05, 0.1) is 12.2 Å². The average Bonchev–Trinajstić information content (AvgIpc) is 2.94. The molecule has 3 fully saturated rings. The van der Waals surface area contributed by atoms with Gasteiger partial charge in [-0.25, -0.2) is 4.79 Å². The SMILES string of the molecule is CC1OC(C)C(C)C(C)C1C.O=C1OC2C(OC(O)[C@@H]2O)[C@H]1O. The average molecular weight is 332 g/mol. The van der Waals surface area contributed by atoms with Gasteiger partial charge in [0.15, 0.2) is 18.5 Å². The van der Waals surface area contributed by atoms with Crippen molar-refractivity contribution in [2.45, 2.75) is 77.5 Å². The quantitative estimate of drug-likeness (QED) is 0.538. The topological polar surface area (TPSA) is 105 Å². The largest absolute Gasteiger partial charge is 0.454 e. The number of carbonyl (C=O) groups is 1. The van der Waals surface area contributed by atoms with Gasteiger partial charge in [0.2, 0.25) is 0 Å². The second-order valence-electron chi connectivity index (χ2n) is 6.95. The summed E-state index contributed by atoms with van der Waals surface area (Å²) < 4.78 is 15.0. The van der Waals surface area contributed by atoms with Gasteiger partial charge in [0, 0.05) is 0 Å². The fourth-order valence-corrected chi connectivity index (χ4v) is 3.32. The third-order valence-corrected chi connectivity index (χ3v) is 5.62. The zero-order valence-electron chi connectivity index (χ0n) is 14.2. The van der Waals surface area contributed by atoms with Crippen molar-refractivity contribution in [2.75, 3.05) is 0 Å². The number of hydrogen-bond donors (Lipinski definition) is 3. The Morgan fingerprint density at radius 2 is 1.30 bits per heavy atom. The van der Waals surface area contributed by atoms with E-state index in [-0.39, 0.29) is 0 Å². The van der Waals surface area contributed by atoms with E-state index in [0.29, 0.717) is 24.0 Å². The number of fused-ring (bicyclic) bond motifs is 1. The second kappa shape index (κ2) is 7.03. The first kappa shape index (κ1) is 18.6. The van der Waals surface area contributed by atoms with Gasteiger partial charge < -0.3 is 29.5 Å². The van der Waals surface area contributed by atoms with Crippen LogP contribution in [0.1, 0.15) is 34.6 Å². The summed E-state index contributed by atoms with van der Waals surface area (Å²) in [4.78, 5) is 10.7. The van der Waals surface area contributed by atoms with Crippen molar-refractivity contribution in [3.05, 3.63) is 0 Å². The lowest BCUT2D eigenvalue weighted by Gasteiger charge is -2.41. The molecule has 3 aliphatic heterocycles. The lowest BCUT2D eigenvalue weighted by molar-refractivity contribution is -0.168. The summed E-state index contributed by atoms with van der Waals surface area (Å²) >= 11 is 0. The van der Waals surface area contributed by atoms with Crippen molar-refractivity contribution in [3.63, 3.8) is 0 Å². The Balaban J connectivity index is 0.000000168. The van der Waals surface area contributed by atoms with E-state index in [1.165, 1.54) is 0 Å². The minimum absolute atomic E-state index is 0.441. The Hall–Kier alpha value is -0.730. The monoisotopic (exact) mass is 332 g/mol. The first-order valence-electron chi connectivity index (χ1n) is 8.20. The molecule has 0 aromatic rings. The van der Waals surface area contributed by atoms with Crippen LogP contribution in [-0.4, -0.2) is 64.2 Å². The molecule has 3 saturated heterocycles. The molecule has 134 valence electrons. The minimum Gasteiger partial charge on any atom is -0.454 e. The smallest absolute Gasteiger partial charge is 0.338 e. The van der Waals surface area contributed by atoms with Gasteiger partial charge in [0.25, 0.3) is 0 Å². The lowest BCUT2D eigenvalue weighted by atomic mass is 9.77. The van der Waals surface area contributed by atoms with Crippen molar-refractivity contribution < 1.29 is 34.3 Å². The summed E-state index contributed by atoms with van der Waals surface area (Å²) in [6.45, 7) is 11.3. The van der Waals surface area contributed by atoms with Crippen LogP contribution in [0.15, 0.2) is 0 Å². The molecule has 0 aromatic carbocycles. The molecule has 3 heterocycles. The third-order valence-electron chi connectivity index (χ3n) is 5.62. The third kappa shape index (κ3) is 3.53. The molecular formula is C16H28O7. The molecule has 3 aliphatic rings. The standard InChI is InChI=1S/C10H20O.C6H8O6/c1-6-7(2)9(4)11-10(5)8(6)3;7-1-3-4(12-5(1)9)2(8)6(10)11-3/h6-10H,1-5H3;1-5,7-9H/t;1-,2-,3?,4?,5?/m.1/s1. The van der Waals surface area contributed by atoms with Gasteiger partial charge in [-0.2, -0.15) is 0 Å². The molecule has 7 heteroatoms. The number of aliphatic hydroxyl groups is 3. The fraction of sp³-hybridized carbons (Fsp3) is 0.938. The van der Waals surface area contributed by atoms with Crippen LogP contribution in [-0.2, 0) is 19.0 Å². The number of ether oxygens (including phenoxy) is 3. The molecule has 3 N–H and O–H groups in total. The lowest BCUT2D eigenvalue weighted by Crippen LogP contribution is -2.41. The number of rotatable bonds is 0. The zero-order chi connectivity index (χ0) is 17.5. The van der Waals surface area contributed by atoms with Gasteiger partial charge in [0.1, 0.15) is 12.2 Å². The molecule has 0 aromatic heterocycles. The number of esters is 1. The van der Waals surface area contributed by atoms with E-state index >= 15 is 0 Å². The van der Waals surface area contributed by atoms with Crippen molar-refractivity contribution in [3.8, 4) is 0 Å². The molecule has 7 nitrogen and oxygen atoms in total. The van der Waals surface area contributed by atoms with Gasteiger partial charge in [-0.3, -0.25) is 0 Å². The normalized spacial score (nSPS) is 52.4. The molecule has 23 heavy (non-hydrogen) atoms. The highest BCUT2D eigenvalue weighted by atomic mass is 16.7. The molecule has 3 rings (SSSR count). The van der Waals surface area contributed by atoms with E-state index < -0.39 is 36.7 Å². The second-order valence-corrected chi connectivity index (χ2v) is 6.95. The maximum atomic E-state index is 10.7. The Kier molecular flexibility index (Phi) is 5.68. The summed E-state index contributed by atoms with van der Waals surface area (Å²) in [6, 6.07) is 0. The number of carbonyl (C=O) groups excluding carboxylic acids is 1. The zero-order valence-corrected chi connectivity index (χ0v) is 14.2. The molecule has 9 atom stereocenters. The van der Waals surface area contributed by atoms with E-state index in [9.17, 15) is 4.79 Å². The Bertz CT molecular complexity index is 415. The van der Waals surface area contributed by atoms with Crippen LogP contribution in [0.25, 0.3) is 0 Å². The number of aliphatic hydroxyl groups excluding tert-OH is 3. The van der Waals surface area contributed by atoms with Crippen molar-refractivity contribution in [2.24, 2.45) is 17.8 Å². The Labute approximate surface area is 136 Å². The van der Waals surface area contributed by atoms with Gasteiger partial charge >= 0.3 is 5.97 Å². The summed E-state index contributed by atoms with van der Waals surface area (Å²) in [6.07, 6.45) is -5.06.